The summed E-state index contributed by atoms with van der Waals surface area (Å²) in [6, 6.07) is 0. The molecule has 0 amide bonds. The van der Waals surface area contributed by atoms with Crippen molar-refractivity contribution in [2.75, 3.05) is 6.26 Å². The summed E-state index contributed by atoms with van der Waals surface area (Å²) in [5.41, 5.74) is 0.811. The molecule has 0 aliphatic heterocycles. The van der Waals surface area contributed by atoms with Gasteiger partial charge in [-0.2, -0.15) is 0 Å². The summed E-state index contributed by atoms with van der Waals surface area (Å²) in [5.74, 6) is 0.00998. The lowest BCUT2D eigenvalue weighted by atomic mass is 9.84. The Bertz CT molecular complexity index is 538. The fourth-order valence-electron chi connectivity index (χ4n) is 3.10. The Hall–Kier alpha value is -0.880. The molecule has 1 aromatic rings. The van der Waals surface area contributed by atoms with E-state index in [1.807, 2.05) is 4.57 Å². The van der Waals surface area contributed by atoms with Gasteiger partial charge in [-0.3, -0.25) is 0 Å². The van der Waals surface area contributed by atoms with Crippen molar-refractivity contribution in [3.63, 3.8) is 0 Å². The highest BCUT2D eigenvalue weighted by Crippen LogP contribution is 2.36. The van der Waals surface area contributed by atoms with Crippen molar-refractivity contribution in [2.24, 2.45) is 5.92 Å². The number of imidazole rings is 1. The normalized spacial score (nSPS) is 25.6. The van der Waals surface area contributed by atoms with Crippen LogP contribution < -0.4 is 0 Å². The number of hydrogen-bond acceptors (Lipinski definition) is 4. The van der Waals surface area contributed by atoms with Crippen molar-refractivity contribution in [3.8, 4) is 0 Å². The molecule has 0 saturated heterocycles. The Kier molecular flexibility index (Phi) is 4.86. The lowest BCUT2D eigenvalue weighted by Crippen LogP contribution is -2.30. The molecular formula is C14H24N2O3S. The molecule has 0 radical (unpaired) electrons. The number of aryl methyl sites for hydroxylation is 1. The molecular weight excluding hydrogens is 276 g/mol. The molecule has 0 aromatic carbocycles. The van der Waals surface area contributed by atoms with Crippen LogP contribution in [0.2, 0.25) is 0 Å². The molecule has 1 fully saturated rings. The Balaban J connectivity index is 2.12. The van der Waals surface area contributed by atoms with Crippen LogP contribution in [0.15, 0.2) is 12.5 Å². The van der Waals surface area contributed by atoms with Crippen LogP contribution in [0.1, 0.15) is 50.8 Å². The number of sulfone groups is 1. The zero-order valence-electron chi connectivity index (χ0n) is 12.2. The first-order chi connectivity index (χ1) is 9.43. The van der Waals surface area contributed by atoms with E-state index in [0.29, 0.717) is 6.42 Å². The van der Waals surface area contributed by atoms with Gasteiger partial charge in [0.25, 0.3) is 0 Å². The van der Waals surface area contributed by atoms with E-state index in [9.17, 15) is 13.5 Å². The maximum Gasteiger partial charge on any atom is 0.150 e. The average Bonchev–Trinajstić information content (AvgIpc) is 2.86. The predicted octanol–water partition coefficient (Wildman–Crippen LogP) is 1.93. The van der Waals surface area contributed by atoms with Gasteiger partial charge in [-0.25, -0.2) is 13.4 Å². The molecule has 1 aliphatic carbocycles. The van der Waals surface area contributed by atoms with Gasteiger partial charge >= 0.3 is 0 Å². The second-order valence-electron chi connectivity index (χ2n) is 5.83. The molecule has 1 heterocycles. The second kappa shape index (κ2) is 6.26. The summed E-state index contributed by atoms with van der Waals surface area (Å²) in [6.45, 7) is 2.91. The standard InChI is InChI=1S/C14H24N2O3S/c1-3-7-16-10-15-9-13(16)14(17)11-5-4-6-12(8-11)20(2,18)19/h9-12,14,17H,3-8H2,1-2H3. The van der Waals surface area contributed by atoms with Crippen molar-refractivity contribution in [3.05, 3.63) is 18.2 Å². The third-order valence-corrected chi connectivity index (χ3v) is 5.87. The quantitative estimate of drug-likeness (QED) is 0.902. The Morgan fingerprint density at radius 2 is 2.25 bits per heavy atom. The largest absolute Gasteiger partial charge is 0.387 e. The average molecular weight is 300 g/mol. The van der Waals surface area contributed by atoms with Gasteiger partial charge in [-0.05, 0) is 31.6 Å². The Morgan fingerprint density at radius 3 is 2.90 bits per heavy atom. The van der Waals surface area contributed by atoms with Crippen LogP contribution in [0.5, 0.6) is 0 Å². The van der Waals surface area contributed by atoms with Gasteiger partial charge in [0, 0.05) is 12.8 Å². The monoisotopic (exact) mass is 300 g/mol. The summed E-state index contributed by atoms with van der Waals surface area (Å²) < 4.78 is 25.4. The van der Waals surface area contributed by atoms with Crippen molar-refractivity contribution in [1.29, 1.82) is 0 Å². The lowest BCUT2D eigenvalue weighted by molar-refractivity contribution is 0.0786. The van der Waals surface area contributed by atoms with Crippen LogP contribution in [-0.2, 0) is 16.4 Å². The lowest BCUT2D eigenvalue weighted by Gasteiger charge is -2.31. The van der Waals surface area contributed by atoms with E-state index in [0.717, 1.165) is 37.9 Å². The second-order valence-corrected chi connectivity index (χ2v) is 8.16. The first-order valence-corrected chi connectivity index (χ1v) is 9.26. The smallest absolute Gasteiger partial charge is 0.150 e. The summed E-state index contributed by atoms with van der Waals surface area (Å²) in [5, 5.41) is 10.3. The predicted molar refractivity (Wildman–Crippen MR) is 78.1 cm³/mol. The molecule has 3 atom stereocenters. The Morgan fingerprint density at radius 1 is 1.50 bits per heavy atom. The molecule has 0 spiro atoms. The van der Waals surface area contributed by atoms with Crippen molar-refractivity contribution in [1.82, 2.24) is 9.55 Å². The van der Waals surface area contributed by atoms with Crippen LogP contribution >= 0.6 is 0 Å². The first kappa shape index (κ1) is 15.5. The number of aromatic nitrogens is 2. The van der Waals surface area contributed by atoms with Crippen LogP contribution in [0.4, 0.5) is 0 Å². The minimum Gasteiger partial charge on any atom is -0.387 e. The number of aliphatic hydroxyl groups is 1. The fourth-order valence-corrected chi connectivity index (χ4v) is 4.29. The summed E-state index contributed by atoms with van der Waals surface area (Å²) >= 11 is 0. The van der Waals surface area contributed by atoms with E-state index < -0.39 is 15.9 Å². The zero-order valence-corrected chi connectivity index (χ0v) is 13.0. The summed E-state index contributed by atoms with van der Waals surface area (Å²) in [4.78, 5) is 4.11. The number of aliphatic hydroxyl groups excluding tert-OH is 1. The van der Waals surface area contributed by atoms with Gasteiger partial charge in [-0.1, -0.05) is 13.3 Å². The maximum absolute atomic E-state index is 11.7. The zero-order chi connectivity index (χ0) is 14.8. The molecule has 2 rings (SSSR count). The van der Waals surface area contributed by atoms with E-state index in [1.165, 1.54) is 6.26 Å². The van der Waals surface area contributed by atoms with Gasteiger partial charge in [-0.15, -0.1) is 0 Å². The first-order valence-electron chi connectivity index (χ1n) is 7.30. The van der Waals surface area contributed by atoms with Gasteiger partial charge in [0.05, 0.1) is 29.6 Å². The third-order valence-electron chi connectivity index (χ3n) is 4.23. The minimum atomic E-state index is -3.02. The summed E-state index contributed by atoms with van der Waals surface area (Å²) in [7, 11) is -3.02. The molecule has 1 saturated carbocycles. The van der Waals surface area contributed by atoms with E-state index in [2.05, 4.69) is 11.9 Å². The fraction of sp³-hybridized carbons (Fsp3) is 0.786. The van der Waals surface area contributed by atoms with Gasteiger partial charge in [0.1, 0.15) is 9.84 Å². The molecule has 0 bridgehead atoms. The van der Waals surface area contributed by atoms with Crippen molar-refractivity contribution < 1.29 is 13.5 Å². The molecule has 6 heteroatoms. The highest BCUT2D eigenvalue weighted by atomic mass is 32.2. The van der Waals surface area contributed by atoms with Crippen molar-refractivity contribution >= 4 is 9.84 Å². The molecule has 5 nitrogen and oxygen atoms in total. The van der Waals surface area contributed by atoms with Crippen LogP contribution in [0, 0.1) is 5.92 Å². The minimum absolute atomic E-state index is 0.00998. The number of hydrogen-bond donors (Lipinski definition) is 1. The molecule has 1 aliphatic rings. The van der Waals surface area contributed by atoms with Crippen molar-refractivity contribution in [2.45, 2.75) is 56.9 Å². The Labute approximate surface area is 120 Å². The van der Waals surface area contributed by atoms with Crippen LogP contribution in [0.3, 0.4) is 0 Å². The number of rotatable bonds is 5. The van der Waals surface area contributed by atoms with Gasteiger partial charge in [0.15, 0.2) is 0 Å². The van der Waals surface area contributed by atoms with Crippen LogP contribution in [0.25, 0.3) is 0 Å². The molecule has 1 aromatic heterocycles. The highest BCUT2D eigenvalue weighted by molar-refractivity contribution is 7.91. The third kappa shape index (κ3) is 3.41. The molecule has 114 valence electrons. The van der Waals surface area contributed by atoms with E-state index >= 15 is 0 Å². The SMILES string of the molecule is CCCn1cncc1C(O)C1CCCC(S(C)(=O)=O)C1. The van der Waals surface area contributed by atoms with E-state index in [4.69, 9.17) is 0 Å². The number of nitrogens with zero attached hydrogens (tertiary/aromatic N) is 2. The topological polar surface area (TPSA) is 72.2 Å². The maximum atomic E-state index is 11.7. The van der Waals surface area contributed by atoms with E-state index in [1.54, 1.807) is 12.5 Å². The van der Waals surface area contributed by atoms with Gasteiger partial charge < -0.3 is 9.67 Å². The molecule has 3 unspecified atom stereocenters. The molecule has 20 heavy (non-hydrogen) atoms. The molecule has 1 N–H and O–H groups in total. The van der Waals surface area contributed by atoms with Crippen LogP contribution in [-0.4, -0.2) is 34.6 Å². The van der Waals surface area contributed by atoms with E-state index in [-0.39, 0.29) is 11.2 Å². The summed E-state index contributed by atoms with van der Waals surface area (Å²) in [6.07, 6.45) is 8.11. The highest BCUT2D eigenvalue weighted by Gasteiger charge is 2.33. The van der Waals surface area contributed by atoms with Gasteiger partial charge in [0.2, 0.25) is 0 Å².